The minimum Gasteiger partial charge on any atom is -0.496 e. The maximum absolute atomic E-state index is 5.41. The van der Waals surface area contributed by atoms with E-state index in [1.54, 1.807) is 7.11 Å². The molecule has 1 aliphatic carbocycles. The Morgan fingerprint density at radius 3 is 2.42 bits per heavy atom. The average Bonchev–Trinajstić information content (AvgIpc) is 3.43. The monoisotopic (exact) mass is 465 g/mol. The minimum atomic E-state index is 0. The number of aryl methyl sites for hydroxylation is 1. The second-order valence-corrected chi connectivity index (χ2v) is 6.69. The van der Waals surface area contributed by atoms with Gasteiger partial charge in [0.15, 0.2) is 5.96 Å². The Balaban J connectivity index is 0.00000243. The van der Waals surface area contributed by atoms with Crippen molar-refractivity contribution in [1.82, 2.24) is 10.6 Å². The van der Waals surface area contributed by atoms with Gasteiger partial charge in [-0.3, -0.25) is 4.99 Å². The summed E-state index contributed by atoms with van der Waals surface area (Å²) in [5, 5.41) is 6.89. The van der Waals surface area contributed by atoms with Gasteiger partial charge >= 0.3 is 0 Å². The Morgan fingerprint density at radius 2 is 1.77 bits per heavy atom. The molecule has 2 aromatic carbocycles. The van der Waals surface area contributed by atoms with Crippen LogP contribution in [-0.2, 0) is 12.0 Å². The molecule has 140 valence electrons. The molecule has 0 heterocycles. The molecular formula is C21H28IN3O. The molecule has 0 radical (unpaired) electrons. The molecular weight excluding hydrogens is 437 g/mol. The third-order valence-corrected chi connectivity index (χ3v) is 5.03. The zero-order valence-electron chi connectivity index (χ0n) is 15.7. The molecule has 0 aromatic heterocycles. The maximum Gasteiger partial charge on any atom is 0.191 e. The minimum absolute atomic E-state index is 0. The van der Waals surface area contributed by atoms with Gasteiger partial charge < -0.3 is 15.4 Å². The fourth-order valence-corrected chi connectivity index (χ4v) is 3.36. The number of halogens is 1. The number of nitrogens with zero attached hydrogens (tertiary/aromatic N) is 1. The number of guanidine groups is 1. The second-order valence-electron chi connectivity index (χ2n) is 6.69. The van der Waals surface area contributed by atoms with Crippen LogP contribution in [0.5, 0.6) is 5.75 Å². The van der Waals surface area contributed by atoms with Crippen LogP contribution in [0.4, 0.5) is 0 Å². The lowest BCUT2D eigenvalue weighted by molar-refractivity contribution is 0.409. The van der Waals surface area contributed by atoms with Crippen LogP contribution in [-0.4, -0.2) is 26.7 Å². The smallest absolute Gasteiger partial charge is 0.191 e. The number of methoxy groups -OCH3 is 1. The summed E-state index contributed by atoms with van der Waals surface area (Å²) >= 11 is 0. The lowest BCUT2D eigenvalue weighted by Gasteiger charge is -2.21. The van der Waals surface area contributed by atoms with Gasteiger partial charge in [-0.25, -0.2) is 0 Å². The van der Waals surface area contributed by atoms with Crippen molar-refractivity contribution < 1.29 is 4.74 Å². The van der Waals surface area contributed by atoms with Crippen LogP contribution < -0.4 is 15.4 Å². The largest absolute Gasteiger partial charge is 0.496 e. The summed E-state index contributed by atoms with van der Waals surface area (Å²) in [5.41, 5.74) is 4.21. The third-order valence-electron chi connectivity index (χ3n) is 5.03. The maximum atomic E-state index is 5.41. The first-order valence-electron chi connectivity index (χ1n) is 8.81. The molecule has 0 bridgehead atoms. The lowest BCUT2D eigenvalue weighted by Crippen LogP contribution is -2.41. The topological polar surface area (TPSA) is 45.7 Å². The van der Waals surface area contributed by atoms with Gasteiger partial charge in [0.05, 0.1) is 7.11 Å². The number of hydrogen-bond acceptors (Lipinski definition) is 2. The van der Waals surface area contributed by atoms with Crippen LogP contribution in [0.25, 0.3) is 0 Å². The van der Waals surface area contributed by atoms with E-state index in [0.717, 1.165) is 23.8 Å². The van der Waals surface area contributed by atoms with E-state index < -0.39 is 0 Å². The number of hydrogen-bond donors (Lipinski definition) is 2. The van der Waals surface area contributed by atoms with E-state index in [4.69, 9.17) is 4.74 Å². The third kappa shape index (κ3) is 4.69. The summed E-state index contributed by atoms with van der Waals surface area (Å²) in [6, 6.07) is 16.7. The zero-order valence-corrected chi connectivity index (χ0v) is 18.0. The summed E-state index contributed by atoms with van der Waals surface area (Å²) in [7, 11) is 3.51. The van der Waals surface area contributed by atoms with Crippen LogP contribution in [0.2, 0.25) is 0 Å². The van der Waals surface area contributed by atoms with Crippen molar-refractivity contribution in [2.75, 3.05) is 20.7 Å². The van der Waals surface area contributed by atoms with E-state index in [2.05, 4.69) is 52.9 Å². The quantitative estimate of drug-likeness (QED) is 0.385. The molecule has 0 unspecified atom stereocenters. The van der Waals surface area contributed by atoms with Crippen LogP contribution in [0, 0.1) is 6.92 Å². The Labute approximate surface area is 173 Å². The first-order chi connectivity index (χ1) is 12.2. The lowest BCUT2D eigenvalue weighted by atomic mass is 9.92. The van der Waals surface area contributed by atoms with Gasteiger partial charge in [0.25, 0.3) is 0 Å². The molecule has 26 heavy (non-hydrogen) atoms. The molecule has 0 aliphatic heterocycles. The number of rotatable bonds is 6. The molecule has 2 aromatic rings. The molecule has 1 aliphatic rings. The molecule has 0 spiro atoms. The summed E-state index contributed by atoms with van der Waals surface area (Å²) in [5.74, 6) is 1.72. The number of aliphatic imine (C=N–C) groups is 1. The Kier molecular flexibility index (Phi) is 7.32. The number of para-hydroxylation sites is 1. The molecule has 3 rings (SSSR count). The van der Waals surface area contributed by atoms with Gasteiger partial charge in [-0.2, -0.15) is 0 Å². The highest BCUT2D eigenvalue weighted by Crippen LogP contribution is 2.48. The van der Waals surface area contributed by atoms with E-state index in [1.165, 1.54) is 24.0 Å². The van der Waals surface area contributed by atoms with Gasteiger partial charge in [-0.05, 0) is 37.0 Å². The van der Waals surface area contributed by atoms with Crippen LogP contribution in [0.1, 0.15) is 29.5 Å². The van der Waals surface area contributed by atoms with Gasteiger partial charge in [0.1, 0.15) is 5.75 Å². The van der Waals surface area contributed by atoms with Gasteiger partial charge in [-0.1, -0.05) is 42.5 Å². The zero-order chi connectivity index (χ0) is 17.7. The fraction of sp³-hybridized carbons (Fsp3) is 0.381. The first kappa shape index (κ1) is 20.6. The molecule has 2 N–H and O–H groups in total. The molecule has 0 amide bonds. The van der Waals surface area contributed by atoms with E-state index in [9.17, 15) is 0 Å². The SMILES string of the molecule is CN=C(NCc1ccccc1OC)NCC1(c2ccccc2C)CC1.I. The molecule has 5 heteroatoms. The highest BCUT2D eigenvalue weighted by atomic mass is 127. The second kappa shape index (κ2) is 9.26. The van der Waals surface area contributed by atoms with Crippen molar-refractivity contribution in [3.05, 3.63) is 65.2 Å². The number of nitrogens with one attached hydrogen (secondary N) is 2. The Bertz CT molecular complexity index is 756. The van der Waals surface area contributed by atoms with Crippen molar-refractivity contribution in [2.45, 2.75) is 31.7 Å². The Morgan fingerprint density at radius 1 is 1.08 bits per heavy atom. The van der Waals surface area contributed by atoms with Crippen LogP contribution >= 0.6 is 24.0 Å². The van der Waals surface area contributed by atoms with E-state index in [1.807, 2.05) is 25.2 Å². The van der Waals surface area contributed by atoms with E-state index >= 15 is 0 Å². The highest BCUT2D eigenvalue weighted by molar-refractivity contribution is 14.0. The first-order valence-corrected chi connectivity index (χ1v) is 8.81. The molecule has 4 nitrogen and oxygen atoms in total. The van der Waals surface area contributed by atoms with E-state index in [-0.39, 0.29) is 29.4 Å². The predicted molar refractivity (Wildman–Crippen MR) is 119 cm³/mol. The molecule has 0 atom stereocenters. The molecule has 1 saturated carbocycles. The van der Waals surface area contributed by atoms with Crippen molar-refractivity contribution >= 4 is 29.9 Å². The normalized spacial score (nSPS) is 15.0. The standard InChI is InChI=1S/C21H27N3O.HI/c1-16-8-4-6-10-18(16)21(12-13-21)15-24-20(22-2)23-14-17-9-5-7-11-19(17)25-3;/h4-11H,12-15H2,1-3H3,(H2,22,23,24);1H. The van der Waals surface area contributed by atoms with Gasteiger partial charge in [0.2, 0.25) is 0 Å². The highest BCUT2D eigenvalue weighted by Gasteiger charge is 2.44. The predicted octanol–water partition coefficient (Wildman–Crippen LogP) is 4.02. The van der Waals surface area contributed by atoms with Gasteiger partial charge in [-0.15, -0.1) is 24.0 Å². The van der Waals surface area contributed by atoms with Crippen LogP contribution in [0.15, 0.2) is 53.5 Å². The van der Waals surface area contributed by atoms with E-state index in [0.29, 0.717) is 6.54 Å². The number of benzene rings is 2. The fourth-order valence-electron chi connectivity index (χ4n) is 3.36. The molecule has 0 saturated heterocycles. The summed E-state index contributed by atoms with van der Waals surface area (Å²) < 4.78 is 5.41. The number of ether oxygens (including phenoxy) is 1. The van der Waals surface area contributed by atoms with Crippen LogP contribution in [0.3, 0.4) is 0 Å². The average molecular weight is 465 g/mol. The Hall–Kier alpha value is -1.76. The van der Waals surface area contributed by atoms with Crippen molar-refractivity contribution in [2.24, 2.45) is 4.99 Å². The van der Waals surface area contributed by atoms with Crippen molar-refractivity contribution in [1.29, 1.82) is 0 Å². The van der Waals surface area contributed by atoms with Crippen molar-refractivity contribution in [3.63, 3.8) is 0 Å². The van der Waals surface area contributed by atoms with Crippen molar-refractivity contribution in [3.8, 4) is 5.75 Å². The van der Waals surface area contributed by atoms with Gasteiger partial charge in [0, 0.05) is 31.1 Å². The summed E-state index contributed by atoms with van der Waals surface area (Å²) in [6.07, 6.45) is 2.46. The molecule has 1 fully saturated rings. The summed E-state index contributed by atoms with van der Waals surface area (Å²) in [6.45, 7) is 3.79. The summed E-state index contributed by atoms with van der Waals surface area (Å²) in [4.78, 5) is 4.36.